The summed E-state index contributed by atoms with van der Waals surface area (Å²) >= 11 is 6.81. The number of amides is 2. The van der Waals surface area contributed by atoms with Crippen LogP contribution in [0.25, 0.3) is 6.08 Å². The van der Waals surface area contributed by atoms with Gasteiger partial charge in [0.15, 0.2) is 5.11 Å². The van der Waals surface area contributed by atoms with E-state index in [0.717, 1.165) is 30.6 Å². The molecule has 1 aliphatic rings. The van der Waals surface area contributed by atoms with Crippen LogP contribution in [0.3, 0.4) is 0 Å². The summed E-state index contributed by atoms with van der Waals surface area (Å²) in [7, 11) is 1.87. The summed E-state index contributed by atoms with van der Waals surface area (Å²) in [5.41, 5.74) is 1.14. The lowest BCUT2D eigenvalue weighted by molar-refractivity contribution is -0.115. The fraction of sp³-hybridized carbons (Fsp3) is 0.318. The third-order valence-corrected chi connectivity index (χ3v) is 6.07. The van der Waals surface area contributed by atoms with Crippen LogP contribution in [-0.2, 0) is 4.79 Å². The summed E-state index contributed by atoms with van der Waals surface area (Å²) < 4.78 is 0. The zero-order chi connectivity index (χ0) is 20.6. The lowest BCUT2D eigenvalue weighted by Gasteiger charge is -2.31. The summed E-state index contributed by atoms with van der Waals surface area (Å²) in [5.74, 6) is -0.356. The molecule has 0 spiro atoms. The second kappa shape index (κ2) is 10.3. The SMILES string of the molecule is CN(C(=O)c1ccccc1NC(=S)NC(=O)/C=C/c1cccs1)C1CCCCC1. The molecule has 1 fully saturated rings. The summed E-state index contributed by atoms with van der Waals surface area (Å²) in [4.78, 5) is 27.9. The first-order chi connectivity index (χ1) is 14.0. The van der Waals surface area contributed by atoms with Crippen LogP contribution in [0.15, 0.2) is 47.9 Å². The number of benzene rings is 1. The van der Waals surface area contributed by atoms with E-state index in [4.69, 9.17) is 12.2 Å². The van der Waals surface area contributed by atoms with Crippen LogP contribution in [0.5, 0.6) is 0 Å². The second-order valence-electron chi connectivity index (χ2n) is 7.05. The molecular weight excluding hydrogens is 402 g/mol. The first kappa shape index (κ1) is 21.2. The average Bonchev–Trinajstić information content (AvgIpc) is 3.26. The molecule has 0 radical (unpaired) electrons. The van der Waals surface area contributed by atoms with Crippen molar-refractivity contribution in [3.05, 3.63) is 58.3 Å². The fourth-order valence-electron chi connectivity index (χ4n) is 3.45. The van der Waals surface area contributed by atoms with Crippen LogP contribution in [0.4, 0.5) is 5.69 Å². The number of rotatable bonds is 5. The van der Waals surface area contributed by atoms with Crippen molar-refractivity contribution in [3.8, 4) is 0 Å². The maximum atomic E-state index is 13.0. The molecule has 2 aromatic rings. The van der Waals surface area contributed by atoms with Crippen molar-refractivity contribution in [2.24, 2.45) is 0 Å². The van der Waals surface area contributed by atoms with Gasteiger partial charge in [0, 0.05) is 24.0 Å². The Balaban J connectivity index is 1.62. The van der Waals surface area contributed by atoms with E-state index in [0.29, 0.717) is 11.3 Å². The Morgan fingerprint density at radius 1 is 1.14 bits per heavy atom. The number of hydrogen-bond acceptors (Lipinski definition) is 4. The molecular formula is C22H25N3O2S2. The number of thiocarbonyl (C=S) groups is 1. The molecule has 1 aromatic heterocycles. The highest BCUT2D eigenvalue weighted by Gasteiger charge is 2.24. The number of carbonyl (C=O) groups excluding carboxylic acids is 2. The molecule has 152 valence electrons. The molecule has 5 nitrogen and oxygen atoms in total. The van der Waals surface area contributed by atoms with Gasteiger partial charge in [0.25, 0.3) is 5.91 Å². The van der Waals surface area contributed by atoms with Gasteiger partial charge in [0.1, 0.15) is 0 Å². The van der Waals surface area contributed by atoms with Crippen LogP contribution < -0.4 is 10.6 Å². The normalized spacial score (nSPS) is 14.5. The summed E-state index contributed by atoms with van der Waals surface area (Å²) in [6.07, 6.45) is 8.83. The van der Waals surface area contributed by atoms with E-state index in [1.807, 2.05) is 41.6 Å². The van der Waals surface area contributed by atoms with Crippen molar-refractivity contribution in [1.29, 1.82) is 0 Å². The van der Waals surface area contributed by atoms with Gasteiger partial charge < -0.3 is 10.2 Å². The molecule has 1 aromatic carbocycles. The molecule has 0 unspecified atom stereocenters. The third kappa shape index (κ3) is 5.98. The lowest BCUT2D eigenvalue weighted by atomic mass is 9.94. The van der Waals surface area contributed by atoms with Gasteiger partial charge in [0.2, 0.25) is 5.91 Å². The van der Waals surface area contributed by atoms with Gasteiger partial charge in [-0.2, -0.15) is 0 Å². The molecule has 7 heteroatoms. The average molecular weight is 428 g/mol. The highest BCUT2D eigenvalue weighted by Crippen LogP contribution is 2.25. The maximum Gasteiger partial charge on any atom is 0.255 e. The van der Waals surface area contributed by atoms with Crippen molar-refractivity contribution >= 4 is 52.2 Å². The predicted molar refractivity (Wildman–Crippen MR) is 123 cm³/mol. The van der Waals surface area contributed by atoms with Gasteiger partial charge in [-0.1, -0.05) is 37.5 Å². The smallest absolute Gasteiger partial charge is 0.255 e. The first-order valence-electron chi connectivity index (χ1n) is 9.74. The molecule has 1 saturated carbocycles. The zero-order valence-corrected chi connectivity index (χ0v) is 18.0. The van der Waals surface area contributed by atoms with Gasteiger partial charge >= 0.3 is 0 Å². The Morgan fingerprint density at radius 2 is 1.90 bits per heavy atom. The summed E-state index contributed by atoms with van der Waals surface area (Å²) in [6, 6.07) is 11.4. The molecule has 2 amide bonds. The Bertz CT molecular complexity index is 887. The number of para-hydroxylation sites is 1. The number of thiophene rings is 1. The van der Waals surface area contributed by atoms with E-state index in [1.54, 1.807) is 29.5 Å². The zero-order valence-electron chi connectivity index (χ0n) is 16.4. The minimum Gasteiger partial charge on any atom is -0.339 e. The lowest BCUT2D eigenvalue weighted by Crippen LogP contribution is -2.39. The van der Waals surface area contributed by atoms with Crippen LogP contribution in [0.2, 0.25) is 0 Å². The molecule has 29 heavy (non-hydrogen) atoms. The quantitative estimate of drug-likeness (QED) is 0.537. The van der Waals surface area contributed by atoms with Crippen molar-refractivity contribution in [3.63, 3.8) is 0 Å². The Morgan fingerprint density at radius 3 is 2.62 bits per heavy atom. The molecule has 0 bridgehead atoms. The fourth-order valence-corrected chi connectivity index (χ4v) is 4.28. The molecule has 0 aliphatic heterocycles. The highest BCUT2D eigenvalue weighted by molar-refractivity contribution is 7.80. The first-order valence-corrected chi connectivity index (χ1v) is 11.0. The van der Waals surface area contributed by atoms with Crippen LogP contribution in [0, 0.1) is 0 Å². The second-order valence-corrected chi connectivity index (χ2v) is 8.43. The standard InChI is InChI=1S/C22H25N3O2S2/c1-25(16-8-3-2-4-9-16)21(27)18-11-5-6-12-19(18)23-22(28)24-20(26)14-13-17-10-7-15-29-17/h5-7,10-16H,2-4,8-9H2,1H3,(H2,23,24,26,28)/b14-13+. The number of nitrogens with one attached hydrogen (secondary N) is 2. The van der Waals surface area contributed by atoms with Crippen LogP contribution >= 0.6 is 23.6 Å². The van der Waals surface area contributed by atoms with Crippen LogP contribution in [0.1, 0.15) is 47.3 Å². The van der Waals surface area contributed by atoms with Gasteiger partial charge in [-0.05, 0) is 54.7 Å². The topological polar surface area (TPSA) is 61.4 Å². The van der Waals surface area contributed by atoms with Crippen molar-refractivity contribution < 1.29 is 9.59 Å². The van der Waals surface area contributed by atoms with Gasteiger partial charge in [-0.25, -0.2) is 0 Å². The minimum atomic E-state index is -0.320. The highest BCUT2D eigenvalue weighted by atomic mass is 32.1. The van der Waals surface area contributed by atoms with E-state index in [1.165, 1.54) is 12.5 Å². The van der Waals surface area contributed by atoms with Gasteiger partial charge in [-0.3, -0.25) is 14.9 Å². The summed E-state index contributed by atoms with van der Waals surface area (Å²) in [5, 5.41) is 7.72. The van der Waals surface area contributed by atoms with Gasteiger partial charge in [-0.15, -0.1) is 11.3 Å². The Kier molecular flexibility index (Phi) is 7.55. The van der Waals surface area contributed by atoms with E-state index in [-0.39, 0.29) is 23.0 Å². The van der Waals surface area contributed by atoms with Gasteiger partial charge in [0.05, 0.1) is 11.3 Å². The number of hydrogen-bond donors (Lipinski definition) is 2. The summed E-state index contributed by atoms with van der Waals surface area (Å²) in [6.45, 7) is 0. The van der Waals surface area contributed by atoms with E-state index in [2.05, 4.69) is 10.6 Å². The third-order valence-electron chi connectivity index (χ3n) is 5.03. The Labute approximate surface area is 180 Å². The number of anilines is 1. The van der Waals surface area contributed by atoms with E-state index >= 15 is 0 Å². The molecule has 3 rings (SSSR count). The molecule has 0 saturated heterocycles. The van der Waals surface area contributed by atoms with E-state index < -0.39 is 0 Å². The number of carbonyl (C=O) groups is 2. The Hall–Kier alpha value is -2.51. The van der Waals surface area contributed by atoms with E-state index in [9.17, 15) is 9.59 Å². The van der Waals surface area contributed by atoms with Crippen LogP contribution in [-0.4, -0.2) is 34.9 Å². The van der Waals surface area contributed by atoms with Crippen molar-refractivity contribution in [1.82, 2.24) is 10.2 Å². The molecule has 1 heterocycles. The van der Waals surface area contributed by atoms with Crippen molar-refractivity contribution in [2.45, 2.75) is 38.1 Å². The predicted octanol–water partition coefficient (Wildman–Crippen LogP) is 4.68. The maximum absolute atomic E-state index is 13.0. The molecule has 0 atom stereocenters. The largest absolute Gasteiger partial charge is 0.339 e. The molecule has 2 N–H and O–H groups in total. The monoisotopic (exact) mass is 427 g/mol. The minimum absolute atomic E-state index is 0.0354. The number of nitrogens with zero attached hydrogens (tertiary/aromatic N) is 1. The van der Waals surface area contributed by atoms with Crippen molar-refractivity contribution in [2.75, 3.05) is 12.4 Å². The molecule has 1 aliphatic carbocycles.